The van der Waals surface area contributed by atoms with Gasteiger partial charge in [-0.1, -0.05) is 43.5 Å². The topological polar surface area (TPSA) is 58.2 Å². The minimum atomic E-state index is -0.246. The highest BCUT2D eigenvalue weighted by molar-refractivity contribution is 6.33. The summed E-state index contributed by atoms with van der Waals surface area (Å²) >= 11 is 5.97. The number of rotatable bonds is 5. The van der Waals surface area contributed by atoms with E-state index in [1.807, 2.05) is 0 Å². The number of benzene rings is 1. The first-order valence-electron chi connectivity index (χ1n) is 7.90. The molecule has 0 radical (unpaired) electrons. The molecule has 4 nitrogen and oxygen atoms in total. The van der Waals surface area contributed by atoms with Crippen LogP contribution in [-0.4, -0.2) is 24.4 Å². The third-order valence-electron chi connectivity index (χ3n) is 4.21. The molecule has 2 amide bonds. The fraction of sp³-hybridized carbons (Fsp3) is 0.529. The van der Waals surface area contributed by atoms with Crippen LogP contribution >= 0.6 is 11.6 Å². The summed E-state index contributed by atoms with van der Waals surface area (Å²) in [7, 11) is 0. The summed E-state index contributed by atoms with van der Waals surface area (Å²) in [6.45, 7) is 2.50. The van der Waals surface area contributed by atoms with Crippen molar-refractivity contribution in [3.63, 3.8) is 0 Å². The molecule has 1 saturated carbocycles. The Morgan fingerprint density at radius 1 is 1.23 bits per heavy atom. The van der Waals surface area contributed by atoms with Gasteiger partial charge in [0.15, 0.2) is 0 Å². The van der Waals surface area contributed by atoms with Crippen LogP contribution in [0.1, 0.15) is 49.4 Å². The maximum absolute atomic E-state index is 12.0. The molecular weight excluding hydrogens is 300 g/mol. The van der Waals surface area contributed by atoms with Crippen molar-refractivity contribution in [2.24, 2.45) is 5.92 Å². The van der Waals surface area contributed by atoms with E-state index < -0.39 is 0 Å². The van der Waals surface area contributed by atoms with Crippen LogP contribution in [0.2, 0.25) is 5.02 Å². The molecule has 0 spiro atoms. The van der Waals surface area contributed by atoms with Gasteiger partial charge in [-0.3, -0.25) is 9.59 Å². The lowest BCUT2D eigenvalue weighted by Crippen LogP contribution is -2.42. The van der Waals surface area contributed by atoms with Gasteiger partial charge in [0.25, 0.3) is 5.91 Å². The third-order valence-corrected chi connectivity index (χ3v) is 4.54. The van der Waals surface area contributed by atoms with E-state index in [1.165, 1.54) is 19.3 Å². The molecule has 0 saturated heterocycles. The molecule has 1 aromatic rings. The van der Waals surface area contributed by atoms with Crippen molar-refractivity contribution >= 4 is 23.4 Å². The summed E-state index contributed by atoms with van der Waals surface area (Å²) in [5, 5.41) is 6.23. The smallest absolute Gasteiger partial charge is 0.252 e. The van der Waals surface area contributed by atoms with Gasteiger partial charge in [-0.05, 0) is 30.9 Å². The average molecular weight is 323 g/mol. The van der Waals surface area contributed by atoms with E-state index in [0.717, 1.165) is 6.42 Å². The quantitative estimate of drug-likeness (QED) is 0.875. The van der Waals surface area contributed by atoms with Crippen LogP contribution in [0.4, 0.5) is 0 Å². The van der Waals surface area contributed by atoms with E-state index in [9.17, 15) is 9.59 Å². The van der Waals surface area contributed by atoms with Crippen molar-refractivity contribution in [2.45, 2.75) is 45.1 Å². The number of hydrogen-bond acceptors (Lipinski definition) is 2. The maximum atomic E-state index is 12.0. The Balaban J connectivity index is 1.73. The highest BCUT2D eigenvalue weighted by atomic mass is 35.5. The molecule has 0 bridgehead atoms. The molecule has 120 valence electrons. The molecule has 0 aliphatic heterocycles. The second-order valence-corrected chi connectivity index (χ2v) is 6.33. The lowest BCUT2D eigenvalue weighted by molar-refractivity contribution is -0.122. The fourth-order valence-corrected chi connectivity index (χ4v) is 3.06. The summed E-state index contributed by atoms with van der Waals surface area (Å²) < 4.78 is 0. The predicted molar refractivity (Wildman–Crippen MR) is 88.0 cm³/mol. The molecule has 1 aliphatic carbocycles. The van der Waals surface area contributed by atoms with Crippen molar-refractivity contribution in [1.29, 1.82) is 0 Å². The number of carbonyl (C=O) groups is 2. The molecule has 0 heterocycles. The van der Waals surface area contributed by atoms with Crippen LogP contribution in [0.25, 0.3) is 0 Å². The number of hydrogen-bond donors (Lipinski definition) is 2. The molecule has 2 rings (SSSR count). The summed E-state index contributed by atoms with van der Waals surface area (Å²) in [4.78, 5) is 23.9. The zero-order valence-corrected chi connectivity index (χ0v) is 13.7. The molecule has 1 aromatic carbocycles. The number of amides is 2. The standard InChI is InChI=1S/C17H23ClN2O2/c1-12-6-2-5-9-15(12)20-16(21)10-11-19-17(22)13-7-3-4-8-14(13)18/h3-4,7-8,12,15H,2,5-6,9-11H2,1H3,(H,19,22)(H,20,21)/t12-,15-/m0/s1. The van der Waals surface area contributed by atoms with Gasteiger partial charge in [0.1, 0.15) is 0 Å². The zero-order valence-electron chi connectivity index (χ0n) is 12.9. The predicted octanol–water partition coefficient (Wildman–Crippen LogP) is 3.15. The first kappa shape index (κ1) is 16.8. The maximum Gasteiger partial charge on any atom is 0.252 e. The molecule has 0 unspecified atom stereocenters. The van der Waals surface area contributed by atoms with Gasteiger partial charge in [-0.25, -0.2) is 0 Å². The van der Waals surface area contributed by atoms with Gasteiger partial charge < -0.3 is 10.6 Å². The number of carbonyl (C=O) groups excluding carboxylic acids is 2. The second kappa shape index (κ2) is 8.18. The van der Waals surface area contributed by atoms with Crippen molar-refractivity contribution in [1.82, 2.24) is 10.6 Å². The van der Waals surface area contributed by atoms with E-state index in [4.69, 9.17) is 11.6 Å². The SMILES string of the molecule is C[C@H]1CCCC[C@@H]1NC(=O)CCNC(=O)c1ccccc1Cl. The van der Waals surface area contributed by atoms with Crippen LogP contribution < -0.4 is 10.6 Å². The Bertz CT molecular complexity index is 533. The lowest BCUT2D eigenvalue weighted by Gasteiger charge is -2.29. The van der Waals surface area contributed by atoms with Crippen LogP contribution in [-0.2, 0) is 4.79 Å². The zero-order chi connectivity index (χ0) is 15.9. The van der Waals surface area contributed by atoms with Crippen LogP contribution in [0.15, 0.2) is 24.3 Å². The first-order valence-corrected chi connectivity index (χ1v) is 8.28. The van der Waals surface area contributed by atoms with Crippen molar-refractivity contribution in [2.75, 3.05) is 6.54 Å². The molecular formula is C17H23ClN2O2. The van der Waals surface area contributed by atoms with Gasteiger partial charge in [0.05, 0.1) is 10.6 Å². The Morgan fingerprint density at radius 2 is 1.95 bits per heavy atom. The highest BCUT2D eigenvalue weighted by Crippen LogP contribution is 2.23. The van der Waals surface area contributed by atoms with Crippen LogP contribution in [0.3, 0.4) is 0 Å². The summed E-state index contributed by atoms with van der Waals surface area (Å²) in [6, 6.07) is 7.16. The molecule has 22 heavy (non-hydrogen) atoms. The van der Waals surface area contributed by atoms with Crippen molar-refractivity contribution < 1.29 is 9.59 Å². The largest absolute Gasteiger partial charge is 0.353 e. The van der Waals surface area contributed by atoms with Gasteiger partial charge >= 0.3 is 0 Å². The highest BCUT2D eigenvalue weighted by Gasteiger charge is 2.22. The number of nitrogens with one attached hydrogen (secondary N) is 2. The first-order chi connectivity index (χ1) is 10.6. The van der Waals surface area contributed by atoms with Crippen LogP contribution in [0.5, 0.6) is 0 Å². The minimum absolute atomic E-state index is 0.00166. The fourth-order valence-electron chi connectivity index (χ4n) is 2.84. The lowest BCUT2D eigenvalue weighted by atomic mass is 9.86. The van der Waals surface area contributed by atoms with Crippen molar-refractivity contribution in [3.8, 4) is 0 Å². The molecule has 0 aromatic heterocycles. The third kappa shape index (κ3) is 4.73. The van der Waals surface area contributed by atoms with E-state index in [-0.39, 0.29) is 17.9 Å². The van der Waals surface area contributed by atoms with Crippen LogP contribution in [0, 0.1) is 5.92 Å². The minimum Gasteiger partial charge on any atom is -0.353 e. The monoisotopic (exact) mass is 322 g/mol. The van der Waals surface area contributed by atoms with Gasteiger partial charge in [-0.15, -0.1) is 0 Å². The molecule has 2 N–H and O–H groups in total. The van der Waals surface area contributed by atoms with Gasteiger partial charge in [-0.2, -0.15) is 0 Å². The average Bonchev–Trinajstić information content (AvgIpc) is 2.50. The van der Waals surface area contributed by atoms with E-state index in [0.29, 0.717) is 29.5 Å². The van der Waals surface area contributed by atoms with Gasteiger partial charge in [0, 0.05) is 19.0 Å². The Hall–Kier alpha value is -1.55. The van der Waals surface area contributed by atoms with Gasteiger partial charge in [0.2, 0.25) is 5.91 Å². The Labute approximate surface area is 136 Å². The Morgan fingerprint density at radius 3 is 2.68 bits per heavy atom. The summed E-state index contributed by atoms with van der Waals surface area (Å²) in [5.41, 5.74) is 0.436. The molecule has 5 heteroatoms. The Kier molecular flexibility index (Phi) is 6.25. The number of halogens is 1. The van der Waals surface area contributed by atoms with E-state index in [2.05, 4.69) is 17.6 Å². The second-order valence-electron chi connectivity index (χ2n) is 5.92. The summed E-state index contributed by atoms with van der Waals surface area (Å²) in [6.07, 6.45) is 4.95. The van der Waals surface area contributed by atoms with E-state index >= 15 is 0 Å². The summed E-state index contributed by atoms with van der Waals surface area (Å²) in [5.74, 6) is 0.290. The molecule has 1 aliphatic rings. The molecule has 1 fully saturated rings. The molecule has 2 atom stereocenters. The van der Waals surface area contributed by atoms with Crippen molar-refractivity contribution in [3.05, 3.63) is 34.9 Å². The van der Waals surface area contributed by atoms with E-state index in [1.54, 1.807) is 24.3 Å². The normalized spacial score (nSPS) is 21.2.